The van der Waals surface area contributed by atoms with Crippen LogP contribution in [-0.2, 0) is 22.5 Å². The molecule has 0 atom stereocenters. The maximum atomic E-state index is 12.0. The van der Waals surface area contributed by atoms with Gasteiger partial charge in [0.2, 0.25) is 0 Å². The third-order valence-electron chi connectivity index (χ3n) is 2.72. The molecule has 0 aliphatic heterocycles. The standard InChI is InChI=1S/C12H14BrN5O3/c1-21-10(19)7-18-12(20)11(13)8(6-17-18)14-3-2-9-15-4-5-16-9/h4-6,14H,2-3,7H2,1H3,(H,15,16). The van der Waals surface area contributed by atoms with Crippen molar-refractivity contribution in [3.05, 3.63) is 39.2 Å². The van der Waals surface area contributed by atoms with Crippen LogP contribution in [-0.4, -0.2) is 39.4 Å². The number of halogens is 1. The molecule has 0 fully saturated rings. The van der Waals surface area contributed by atoms with Crippen LogP contribution in [0.3, 0.4) is 0 Å². The number of carbonyl (C=O) groups excluding carboxylic acids is 1. The third-order valence-corrected chi connectivity index (χ3v) is 3.49. The number of esters is 1. The van der Waals surface area contributed by atoms with Crippen LogP contribution in [0.15, 0.2) is 27.9 Å². The maximum absolute atomic E-state index is 12.0. The Morgan fingerprint density at radius 1 is 1.57 bits per heavy atom. The zero-order chi connectivity index (χ0) is 15.2. The van der Waals surface area contributed by atoms with E-state index in [0.29, 0.717) is 23.1 Å². The SMILES string of the molecule is COC(=O)Cn1ncc(NCCc2ncc[nH]2)c(Br)c1=O. The normalized spacial score (nSPS) is 10.4. The summed E-state index contributed by atoms with van der Waals surface area (Å²) in [5.41, 5.74) is 0.163. The van der Waals surface area contributed by atoms with Gasteiger partial charge in [-0.1, -0.05) is 0 Å². The van der Waals surface area contributed by atoms with Crippen LogP contribution in [0.5, 0.6) is 0 Å². The van der Waals surface area contributed by atoms with Gasteiger partial charge < -0.3 is 15.0 Å². The molecule has 0 saturated carbocycles. The lowest BCUT2D eigenvalue weighted by molar-refractivity contribution is -0.141. The highest BCUT2D eigenvalue weighted by Crippen LogP contribution is 2.15. The molecule has 2 rings (SSSR count). The number of methoxy groups -OCH3 is 1. The quantitative estimate of drug-likeness (QED) is 0.734. The lowest BCUT2D eigenvalue weighted by Crippen LogP contribution is -2.28. The van der Waals surface area contributed by atoms with E-state index in [-0.39, 0.29) is 6.54 Å². The van der Waals surface area contributed by atoms with Gasteiger partial charge in [0.05, 0.1) is 19.0 Å². The maximum Gasteiger partial charge on any atom is 0.327 e. The van der Waals surface area contributed by atoms with E-state index in [0.717, 1.165) is 10.5 Å². The molecule has 0 saturated heterocycles. The molecule has 2 heterocycles. The van der Waals surface area contributed by atoms with Crippen LogP contribution >= 0.6 is 15.9 Å². The van der Waals surface area contributed by atoms with E-state index in [1.54, 1.807) is 12.4 Å². The molecule has 0 aromatic carbocycles. The van der Waals surface area contributed by atoms with Gasteiger partial charge in [-0.15, -0.1) is 0 Å². The number of ether oxygens (including phenoxy) is 1. The number of imidazole rings is 1. The number of rotatable bonds is 6. The summed E-state index contributed by atoms with van der Waals surface area (Å²) in [5, 5.41) is 7.02. The Hall–Kier alpha value is -2.16. The van der Waals surface area contributed by atoms with E-state index in [1.807, 2.05) is 0 Å². The van der Waals surface area contributed by atoms with E-state index in [2.05, 4.69) is 41.1 Å². The molecule has 0 aliphatic carbocycles. The number of aromatic amines is 1. The molecule has 0 aliphatic rings. The van der Waals surface area contributed by atoms with Crippen molar-refractivity contribution in [1.82, 2.24) is 19.7 Å². The van der Waals surface area contributed by atoms with E-state index < -0.39 is 11.5 Å². The monoisotopic (exact) mass is 355 g/mol. The second-order valence-corrected chi connectivity index (χ2v) is 4.92. The highest BCUT2D eigenvalue weighted by Gasteiger charge is 2.11. The van der Waals surface area contributed by atoms with Gasteiger partial charge in [0.25, 0.3) is 5.56 Å². The van der Waals surface area contributed by atoms with Gasteiger partial charge in [0.1, 0.15) is 16.8 Å². The molecule has 2 aromatic rings. The minimum atomic E-state index is -0.532. The Labute approximate surface area is 128 Å². The topological polar surface area (TPSA) is 102 Å². The summed E-state index contributed by atoms with van der Waals surface area (Å²) in [5.74, 6) is 0.320. The van der Waals surface area contributed by atoms with E-state index in [4.69, 9.17) is 0 Å². The van der Waals surface area contributed by atoms with Crippen LogP contribution in [0, 0.1) is 0 Å². The summed E-state index contributed by atoms with van der Waals surface area (Å²) in [6.45, 7) is 0.370. The summed E-state index contributed by atoms with van der Waals surface area (Å²) in [6, 6.07) is 0. The summed E-state index contributed by atoms with van der Waals surface area (Å²) >= 11 is 3.21. The fourth-order valence-electron chi connectivity index (χ4n) is 1.64. The molecule has 9 heteroatoms. The molecule has 2 aromatic heterocycles. The van der Waals surface area contributed by atoms with E-state index in [1.165, 1.54) is 13.3 Å². The van der Waals surface area contributed by atoms with Crippen molar-refractivity contribution >= 4 is 27.6 Å². The summed E-state index contributed by atoms with van der Waals surface area (Å²) < 4.78 is 5.86. The largest absolute Gasteiger partial charge is 0.468 e. The number of nitrogens with one attached hydrogen (secondary N) is 2. The summed E-state index contributed by atoms with van der Waals surface area (Å²) in [6.07, 6.45) is 5.60. The highest BCUT2D eigenvalue weighted by molar-refractivity contribution is 9.10. The number of nitrogens with zero attached hydrogens (tertiary/aromatic N) is 3. The van der Waals surface area contributed by atoms with Crippen molar-refractivity contribution in [2.45, 2.75) is 13.0 Å². The molecular weight excluding hydrogens is 342 g/mol. The Kier molecular flexibility index (Phi) is 5.09. The lowest BCUT2D eigenvalue weighted by atomic mass is 10.4. The smallest absolute Gasteiger partial charge is 0.327 e. The Balaban J connectivity index is 2.02. The van der Waals surface area contributed by atoms with Gasteiger partial charge in [-0.2, -0.15) is 5.10 Å². The minimum Gasteiger partial charge on any atom is -0.468 e. The zero-order valence-electron chi connectivity index (χ0n) is 11.3. The molecule has 2 N–H and O–H groups in total. The van der Waals surface area contributed by atoms with Crippen LogP contribution in [0.2, 0.25) is 0 Å². The average molecular weight is 356 g/mol. The van der Waals surface area contributed by atoms with E-state index in [9.17, 15) is 9.59 Å². The van der Waals surface area contributed by atoms with Gasteiger partial charge in [-0.25, -0.2) is 9.67 Å². The first-order chi connectivity index (χ1) is 10.1. The van der Waals surface area contributed by atoms with Gasteiger partial charge in [0, 0.05) is 25.4 Å². The van der Waals surface area contributed by atoms with Crippen molar-refractivity contribution < 1.29 is 9.53 Å². The number of H-pyrrole nitrogens is 1. The summed E-state index contributed by atoms with van der Waals surface area (Å²) in [4.78, 5) is 30.3. The molecule has 0 amide bonds. The first-order valence-electron chi connectivity index (χ1n) is 6.16. The fourth-order valence-corrected chi connectivity index (χ4v) is 2.09. The number of hydrogen-bond acceptors (Lipinski definition) is 6. The number of hydrogen-bond donors (Lipinski definition) is 2. The lowest BCUT2D eigenvalue weighted by Gasteiger charge is -2.09. The van der Waals surface area contributed by atoms with Crippen LogP contribution in [0.1, 0.15) is 5.82 Å². The molecule has 21 heavy (non-hydrogen) atoms. The first kappa shape index (κ1) is 15.2. The number of aromatic nitrogens is 4. The molecule has 0 spiro atoms. The van der Waals surface area contributed by atoms with Gasteiger partial charge in [0.15, 0.2) is 0 Å². The third kappa shape index (κ3) is 3.91. The molecule has 0 unspecified atom stereocenters. The predicted octanol–water partition coefficient (Wildman–Crippen LogP) is 0.556. The highest BCUT2D eigenvalue weighted by atomic mass is 79.9. The molecule has 0 radical (unpaired) electrons. The van der Waals surface area contributed by atoms with Crippen molar-refractivity contribution in [3.8, 4) is 0 Å². The van der Waals surface area contributed by atoms with Crippen molar-refractivity contribution in [3.63, 3.8) is 0 Å². The Morgan fingerprint density at radius 2 is 2.38 bits per heavy atom. The van der Waals surface area contributed by atoms with Crippen molar-refractivity contribution in [2.24, 2.45) is 0 Å². The Bertz CT molecular complexity index is 668. The van der Waals surface area contributed by atoms with Crippen LogP contribution in [0.25, 0.3) is 0 Å². The average Bonchev–Trinajstić information content (AvgIpc) is 2.99. The predicted molar refractivity (Wildman–Crippen MR) is 79.0 cm³/mol. The fraction of sp³-hybridized carbons (Fsp3) is 0.333. The molecule has 0 bridgehead atoms. The van der Waals surface area contributed by atoms with E-state index >= 15 is 0 Å². The molecular formula is C12H14BrN5O3. The van der Waals surface area contributed by atoms with Crippen molar-refractivity contribution in [2.75, 3.05) is 19.0 Å². The second kappa shape index (κ2) is 7.02. The zero-order valence-corrected chi connectivity index (χ0v) is 12.9. The number of anilines is 1. The van der Waals surface area contributed by atoms with Crippen molar-refractivity contribution in [1.29, 1.82) is 0 Å². The summed E-state index contributed by atoms with van der Waals surface area (Å²) in [7, 11) is 1.26. The number of carbonyl (C=O) groups is 1. The minimum absolute atomic E-state index is 0.222. The second-order valence-electron chi connectivity index (χ2n) is 4.12. The van der Waals surface area contributed by atoms with Gasteiger partial charge in [-0.3, -0.25) is 9.59 Å². The van der Waals surface area contributed by atoms with Crippen LogP contribution < -0.4 is 10.9 Å². The van der Waals surface area contributed by atoms with Gasteiger partial charge in [-0.05, 0) is 15.9 Å². The molecule has 112 valence electrons. The molecule has 8 nitrogen and oxygen atoms in total. The first-order valence-corrected chi connectivity index (χ1v) is 6.95. The van der Waals surface area contributed by atoms with Gasteiger partial charge >= 0.3 is 5.97 Å². The Morgan fingerprint density at radius 3 is 3.05 bits per heavy atom. The van der Waals surface area contributed by atoms with Crippen LogP contribution in [0.4, 0.5) is 5.69 Å².